The lowest BCUT2D eigenvalue weighted by Gasteiger charge is -2.03. The van der Waals surface area contributed by atoms with Crippen LogP contribution in [0.15, 0.2) is 16.7 Å². The normalized spacial score (nSPS) is 12.8. The highest BCUT2D eigenvalue weighted by Gasteiger charge is 2.18. The number of carboxylic acids is 1. The van der Waals surface area contributed by atoms with Crippen molar-refractivity contribution in [1.82, 2.24) is 0 Å². The van der Waals surface area contributed by atoms with Gasteiger partial charge in [0.25, 0.3) is 0 Å². The van der Waals surface area contributed by atoms with Crippen molar-refractivity contribution < 1.29 is 19.4 Å². The van der Waals surface area contributed by atoms with Gasteiger partial charge in [0.2, 0.25) is 0 Å². The highest BCUT2D eigenvalue weighted by atomic mass is 16.4. The lowest BCUT2D eigenvalue weighted by atomic mass is 10.2. The Labute approximate surface area is 68.4 Å². The summed E-state index contributed by atoms with van der Waals surface area (Å²) in [6, 6.07) is 1.27. The number of furan rings is 1. The van der Waals surface area contributed by atoms with Crippen LogP contribution in [0.2, 0.25) is 0 Å². The fraction of sp³-hybridized carbons (Fsp3) is 0.286. The minimum absolute atomic E-state index is 0.00463. The van der Waals surface area contributed by atoms with Crippen molar-refractivity contribution in [2.45, 2.75) is 6.10 Å². The van der Waals surface area contributed by atoms with Gasteiger partial charge in [-0.3, -0.25) is 0 Å². The fourth-order valence-corrected chi connectivity index (χ4v) is 0.863. The largest absolute Gasteiger partial charge is 0.478 e. The second-order valence-corrected chi connectivity index (χ2v) is 2.26. The first-order chi connectivity index (χ1) is 5.66. The summed E-state index contributed by atoms with van der Waals surface area (Å²) in [7, 11) is 0. The molecular formula is C7H9NO4. The van der Waals surface area contributed by atoms with Crippen LogP contribution in [0.5, 0.6) is 0 Å². The first-order valence-electron chi connectivity index (χ1n) is 3.35. The van der Waals surface area contributed by atoms with Crippen LogP contribution in [0.1, 0.15) is 22.2 Å². The van der Waals surface area contributed by atoms with E-state index in [-0.39, 0.29) is 17.9 Å². The van der Waals surface area contributed by atoms with Gasteiger partial charge in [-0.25, -0.2) is 4.79 Å². The lowest BCUT2D eigenvalue weighted by Crippen LogP contribution is -2.13. The number of aromatic carboxylic acids is 1. The van der Waals surface area contributed by atoms with Gasteiger partial charge in [0.05, 0.1) is 6.26 Å². The Hall–Kier alpha value is -1.33. The monoisotopic (exact) mass is 171 g/mol. The van der Waals surface area contributed by atoms with Crippen molar-refractivity contribution >= 4 is 5.97 Å². The van der Waals surface area contributed by atoms with Gasteiger partial charge in [-0.05, 0) is 6.07 Å². The van der Waals surface area contributed by atoms with E-state index in [0.717, 1.165) is 0 Å². The molecule has 0 fully saturated rings. The number of aliphatic hydroxyl groups is 1. The molecule has 0 aliphatic rings. The molecule has 0 aliphatic carbocycles. The van der Waals surface area contributed by atoms with Gasteiger partial charge in [0.1, 0.15) is 17.4 Å². The predicted octanol–water partition coefficient (Wildman–Crippen LogP) is -0.0301. The molecule has 4 N–H and O–H groups in total. The summed E-state index contributed by atoms with van der Waals surface area (Å²) in [5, 5.41) is 17.8. The predicted molar refractivity (Wildman–Crippen MR) is 39.7 cm³/mol. The Morgan fingerprint density at radius 1 is 1.75 bits per heavy atom. The Kier molecular flexibility index (Phi) is 2.47. The summed E-state index contributed by atoms with van der Waals surface area (Å²) >= 11 is 0. The molecule has 0 amide bonds. The van der Waals surface area contributed by atoms with E-state index in [0.29, 0.717) is 0 Å². The van der Waals surface area contributed by atoms with Crippen molar-refractivity contribution in [2.24, 2.45) is 5.73 Å². The van der Waals surface area contributed by atoms with Gasteiger partial charge in [-0.1, -0.05) is 0 Å². The molecule has 0 radical (unpaired) electrons. The number of aliphatic hydroxyl groups excluding tert-OH is 1. The third-order valence-corrected chi connectivity index (χ3v) is 1.45. The molecule has 1 atom stereocenters. The van der Waals surface area contributed by atoms with Crippen LogP contribution in [0.25, 0.3) is 0 Å². The molecule has 12 heavy (non-hydrogen) atoms. The van der Waals surface area contributed by atoms with Crippen LogP contribution in [0.3, 0.4) is 0 Å². The third kappa shape index (κ3) is 1.46. The van der Waals surface area contributed by atoms with Crippen LogP contribution in [0, 0.1) is 0 Å². The lowest BCUT2D eigenvalue weighted by molar-refractivity contribution is 0.0684. The van der Waals surface area contributed by atoms with Crippen LogP contribution in [-0.2, 0) is 0 Å². The molecule has 0 saturated heterocycles. The Bertz CT molecular complexity index is 281. The standard InChI is InChI=1S/C7H9NO4/c8-3-5(9)6-4(7(10)11)1-2-12-6/h1-2,5,9H,3,8H2,(H,10,11). The van der Waals surface area contributed by atoms with E-state index >= 15 is 0 Å². The number of nitrogens with two attached hydrogens (primary N) is 1. The molecule has 0 aliphatic heterocycles. The Balaban J connectivity index is 2.98. The van der Waals surface area contributed by atoms with Crippen molar-refractivity contribution in [3.63, 3.8) is 0 Å². The molecule has 1 heterocycles. The molecular weight excluding hydrogens is 162 g/mol. The SMILES string of the molecule is NCC(O)c1occc1C(=O)O. The first-order valence-corrected chi connectivity index (χ1v) is 3.35. The zero-order chi connectivity index (χ0) is 9.14. The highest BCUT2D eigenvalue weighted by Crippen LogP contribution is 2.18. The van der Waals surface area contributed by atoms with Crippen LogP contribution >= 0.6 is 0 Å². The third-order valence-electron chi connectivity index (χ3n) is 1.45. The van der Waals surface area contributed by atoms with Gasteiger partial charge in [-0.15, -0.1) is 0 Å². The molecule has 5 heteroatoms. The molecule has 0 bridgehead atoms. The minimum atomic E-state index is -1.13. The quantitative estimate of drug-likeness (QED) is 0.593. The van der Waals surface area contributed by atoms with E-state index in [2.05, 4.69) is 0 Å². The molecule has 0 aromatic carbocycles. The van der Waals surface area contributed by atoms with Gasteiger partial charge in [0, 0.05) is 6.54 Å². The van der Waals surface area contributed by atoms with Crippen molar-refractivity contribution in [2.75, 3.05) is 6.54 Å². The Morgan fingerprint density at radius 2 is 2.42 bits per heavy atom. The molecule has 0 saturated carbocycles. The van der Waals surface area contributed by atoms with E-state index in [4.69, 9.17) is 20.4 Å². The number of carbonyl (C=O) groups is 1. The molecule has 1 rings (SSSR count). The molecule has 66 valence electrons. The summed E-state index contributed by atoms with van der Waals surface area (Å²) in [5.74, 6) is -1.13. The summed E-state index contributed by atoms with van der Waals surface area (Å²) in [4.78, 5) is 10.5. The summed E-state index contributed by atoms with van der Waals surface area (Å²) < 4.78 is 4.77. The average molecular weight is 171 g/mol. The van der Waals surface area contributed by atoms with E-state index in [9.17, 15) is 4.79 Å². The van der Waals surface area contributed by atoms with E-state index in [1.165, 1.54) is 12.3 Å². The van der Waals surface area contributed by atoms with Crippen molar-refractivity contribution in [3.05, 3.63) is 23.7 Å². The summed E-state index contributed by atoms with van der Waals surface area (Å²) in [6.45, 7) is -0.0617. The van der Waals surface area contributed by atoms with Gasteiger partial charge in [-0.2, -0.15) is 0 Å². The van der Waals surface area contributed by atoms with Crippen LogP contribution in [-0.4, -0.2) is 22.7 Å². The van der Waals surface area contributed by atoms with Gasteiger partial charge < -0.3 is 20.4 Å². The van der Waals surface area contributed by atoms with Gasteiger partial charge >= 0.3 is 5.97 Å². The van der Waals surface area contributed by atoms with Crippen molar-refractivity contribution in [3.8, 4) is 0 Å². The number of hydrogen-bond donors (Lipinski definition) is 3. The van der Waals surface area contributed by atoms with Crippen LogP contribution < -0.4 is 5.73 Å². The molecule has 1 aromatic heterocycles. The number of carboxylic acid groups (broad SMARTS) is 1. The molecule has 5 nitrogen and oxygen atoms in total. The van der Waals surface area contributed by atoms with E-state index in [1.54, 1.807) is 0 Å². The first kappa shape index (κ1) is 8.76. The second kappa shape index (κ2) is 3.38. The minimum Gasteiger partial charge on any atom is -0.478 e. The van der Waals surface area contributed by atoms with E-state index in [1.807, 2.05) is 0 Å². The number of rotatable bonds is 3. The number of hydrogen-bond acceptors (Lipinski definition) is 4. The maximum absolute atomic E-state index is 10.5. The highest BCUT2D eigenvalue weighted by molar-refractivity contribution is 5.88. The fourth-order valence-electron chi connectivity index (χ4n) is 0.863. The molecule has 1 unspecified atom stereocenters. The van der Waals surface area contributed by atoms with Crippen LogP contribution in [0.4, 0.5) is 0 Å². The topological polar surface area (TPSA) is 96.7 Å². The summed E-state index contributed by atoms with van der Waals surface area (Å²) in [5.41, 5.74) is 5.08. The zero-order valence-corrected chi connectivity index (χ0v) is 6.23. The smallest absolute Gasteiger partial charge is 0.339 e. The maximum Gasteiger partial charge on any atom is 0.339 e. The maximum atomic E-state index is 10.5. The Morgan fingerprint density at radius 3 is 2.92 bits per heavy atom. The average Bonchev–Trinajstić information content (AvgIpc) is 2.50. The van der Waals surface area contributed by atoms with Gasteiger partial charge in [0.15, 0.2) is 0 Å². The zero-order valence-electron chi connectivity index (χ0n) is 6.23. The molecule has 1 aromatic rings. The second-order valence-electron chi connectivity index (χ2n) is 2.26. The summed E-state index contributed by atoms with van der Waals surface area (Å²) in [6.07, 6.45) is 0.156. The van der Waals surface area contributed by atoms with Crippen molar-refractivity contribution in [1.29, 1.82) is 0 Å². The van der Waals surface area contributed by atoms with E-state index < -0.39 is 12.1 Å². The molecule has 0 spiro atoms.